The van der Waals surface area contributed by atoms with Crippen LogP contribution in [0.2, 0.25) is 0 Å². The molecule has 0 aromatic heterocycles. The Labute approximate surface area is 62.6 Å². The summed E-state index contributed by atoms with van der Waals surface area (Å²) in [7, 11) is 0. The number of nitriles is 1. The average Bonchev–Trinajstić information content (AvgIpc) is 2.33. The van der Waals surface area contributed by atoms with Crippen molar-refractivity contribution in [2.24, 2.45) is 0 Å². The standard InChI is InChI=1S/C6H6N2O3/c7-3-6(5(10)11)2-1-4(9)8-6/h1-2H2,(H,8,9)(H,10,11)/t6-/m1/s1. The van der Waals surface area contributed by atoms with E-state index in [0.29, 0.717) is 0 Å². The number of carboxylic acids is 1. The zero-order chi connectivity index (χ0) is 8.48. The monoisotopic (exact) mass is 154 g/mol. The van der Waals surface area contributed by atoms with E-state index in [0.717, 1.165) is 0 Å². The van der Waals surface area contributed by atoms with Gasteiger partial charge in [-0.3, -0.25) is 4.79 Å². The normalized spacial score (nSPS) is 29.2. The van der Waals surface area contributed by atoms with E-state index < -0.39 is 11.5 Å². The summed E-state index contributed by atoms with van der Waals surface area (Å²) in [5.74, 6) is -1.67. The fourth-order valence-corrected chi connectivity index (χ4v) is 0.956. The first-order chi connectivity index (χ1) is 5.10. The van der Waals surface area contributed by atoms with Gasteiger partial charge in [0.25, 0.3) is 0 Å². The number of hydrogen-bond donors (Lipinski definition) is 2. The first kappa shape index (κ1) is 7.54. The van der Waals surface area contributed by atoms with Gasteiger partial charge in [-0.05, 0) is 0 Å². The van der Waals surface area contributed by atoms with Crippen molar-refractivity contribution in [1.82, 2.24) is 5.32 Å². The molecule has 58 valence electrons. The van der Waals surface area contributed by atoms with E-state index in [1.807, 2.05) is 0 Å². The topological polar surface area (TPSA) is 90.2 Å². The lowest BCUT2D eigenvalue weighted by Crippen LogP contribution is -2.47. The Morgan fingerprint density at radius 2 is 2.45 bits per heavy atom. The number of hydrogen-bond acceptors (Lipinski definition) is 3. The van der Waals surface area contributed by atoms with E-state index in [9.17, 15) is 9.59 Å². The molecule has 0 unspecified atom stereocenters. The third kappa shape index (κ3) is 1.03. The van der Waals surface area contributed by atoms with Crippen LogP contribution in [-0.4, -0.2) is 22.5 Å². The van der Waals surface area contributed by atoms with Crippen molar-refractivity contribution in [2.45, 2.75) is 18.4 Å². The summed E-state index contributed by atoms with van der Waals surface area (Å²) in [6.45, 7) is 0. The molecule has 1 aliphatic heterocycles. The van der Waals surface area contributed by atoms with Crippen LogP contribution < -0.4 is 5.32 Å². The van der Waals surface area contributed by atoms with Gasteiger partial charge in [-0.15, -0.1) is 0 Å². The van der Waals surface area contributed by atoms with Gasteiger partial charge in [-0.25, -0.2) is 4.79 Å². The summed E-state index contributed by atoms with van der Waals surface area (Å²) in [4.78, 5) is 21.1. The van der Waals surface area contributed by atoms with Gasteiger partial charge in [-0.1, -0.05) is 0 Å². The lowest BCUT2D eigenvalue weighted by Gasteiger charge is -2.13. The van der Waals surface area contributed by atoms with Crippen molar-refractivity contribution in [3.8, 4) is 6.07 Å². The predicted octanol–water partition coefficient (Wildman–Crippen LogP) is -0.757. The summed E-state index contributed by atoms with van der Waals surface area (Å²) < 4.78 is 0. The van der Waals surface area contributed by atoms with Crippen molar-refractivity contribution < 1.29 is 14.7 Å². The van der Waals surface area contributed by atoms with Gasteiger partial charge in [0.15, 0.2) is 0 Å². The van der Waals surface area contributed by atoms with Crippen LogP contribution in [0.25, 0.3) is 0 Å². The number of amides is 1. The Morgan fingerprint density at radius 3 is 2.64 bits per heavy atom. The molecular formula is C6H6N2O3. The number of carboxylic acid groups (broad SMARTS) is 1. The minimum Gasteiger partial charge on any atom is -0.479 e. The molecule has 1 heterocycles. The Hall–Kier alpha value is -1.57. The SMILES string of the molecule is N#C[C@@]1(C(=O)O)CCC(=O)N1. The number of carbonyl (C=O) groups excluding carboxylic acids is 1. The molecule has 5 heteroatoms. The average molecular weight is 154 g/mol. The quantitative estimate of drug-likeness (QED) is 0.519. The third-order valence-electron chi connectivity index (χ3n) is 1.64. The van der Waals surface area contributed by atoms with Crippen molar-refractivity contribution in [2.75, 3.05) is 0 Å². The van der Waals surface area contributed by atoms with Crippen LogP contribution in [0.3, 0.4) is 0 Å². The van der Waals surface area contributed by atoms with Crippen LogP contribution in [0.5, 0.6) is 0 Å². The van der Waals surface area contributed by atoms with Gasteiger partial charge in [0.2, 0.25) is 11.4 Å². The Bertz CT molecular complexity index is 255. The van der Waals surface area contributed by atoms with Gasteiger partial charge in [0.05, 0.1) is 0 Å². The van der Waals surface area contributed by atoms with E-state index in [1.165, 1.54) is 0 Å². The molecule has 0 aliphatic carbocycles. The van der Waals surface area contributed by atoms with E-state index in [4.69, 9.17) is 10.4 Å². The lowest BCUT2D eigenvalue weighted by atomic mass is 10.0. The fourth-order valence-electron chi connectivity index (χ4n) is 0.956. The molecule has 2 N–H and O–H groups in total. The maximum atomic E-state index is 10.6. The first-order valence-electron chi connectivity index (χ1n) is 3.06. The van der Waals surface area contributed by atoms with Gasteiger partial charge >= 0.3 is 5.97 Å². The second kappa shape index (κ2) is 2.23. The Morgan fingerprint density at radius 1 is 1.82 bits per heavy atom. The molecule has 1 saturated heterocycles. The van der Waals surface area contributed by atoms with Crippen LogP contribution in [0.15, 0.2) is 0 Å². The highest BCUT2D eigenvalue weighted by Gasteiger charge is 2.45. The first-order valence-corrected chi connectivity index (χ1v) is 3.06. The highest BCUT2D eigenvalue weighted by Crippen LogP contribution is 2.18. The molecule has 1 amide bonds. The molecule has 5 nitrogen and oxygen atoms in total. The number of carbonyl (C=O) groups is 2. The molecule has 0 radical (unpaired) electrons. The van der Waals surface area contributed by atoms with E-state index in [1.54, 1.807) is 6.07 Å². The van der Waals surface area contributed by atoms with Gasteiger partial charge in [-0.2, -0.15) is 5.26 Å². The van der Waals surface area contributed by atoms with Crippen molar-refractivity contribution in [1.29, 1.82) is 5.26 Å². The van der Waals surface area contributed by atoms with E-state index >= 15 is 0 Å². The van der Waals surface area contributed by atoms with Crippen LogP contribution in [0.1, 0.15) is 12.8 Å². The molecule has 0 aromatic carbocycles. The highest BCUT2D eigenvalue weighted by molar-refractivity contribution is 5.93. The number of nitrogens with zero attached hydrogens (tertiary/aromatic N) is 1. The predicted molar refractivity (Wildman–Crippen MR) is 33.4 cm³/mol. The molecule has 0 saturated carbocycles. The van der Waals surface area contributed by atoms with E-state index in [-0.39, 0.29) is 18.7 Å². The molecule has 1 aliphatic rings. The van der Waals surface area contributed by atoms with Crippen molar-refractivity contribution in [3.63, 3.8) is 0 Å². The molecule has 0 aromatic rings. The molecular weight excluding hydrogens is 148 g/mol. The van der Waals surface area contributed by atoms with Crippen LogP contribution in [0, 0.1) is 11.3 Å². The van der Waals surface area contributed by atoms with Gasteiger partial charge in [0.1, 0.15) is 6.07 Å². The zero-order valence-corrected chi connectivity index (χ0v) is 5.63. The number of aliphatic carboxylic acids is 1. The van der Waals surface area contributed by atoms with Crippen molar-refractivity contribution in [3.05, 3.63) is 0 Å². The highest BCUT2D eigenvalue weighted by atomic mass is 16.4. The summed E-state index contributed by atoms with van der Waals surface area (Å²) in [5, 5.41) is 19.1. The zero-order valence-electron chi connectivity index (χ0n) is 5.63. The lowest BCUT2D eigenvalue weighted by molar-refractivity contribution is -0.142. The maximum Gasteiger partial charge on any atom is 0.344 e. The number of nitrogens with one attached hydrogen (secondary N) is 1. The molecule has 0 bridgehead atoms. The minimum absolute atomic E-state index is 0.0532. The van der Waals surface area contributed by atoms with Crippen LogP contribution in [-0.2, 0) is 9.59 Å². The second-order valence-electron chi connectivity index (χ2n) is 2.37. The molecule has 1 atom stereocenters. The summed E-state index contributed by atoms with van der Waals surface area (Å²) in [6.07, 6.45) is 0.164. The van der Waals surface area contributed by atoms with Crippen LogP contribution >= 0.6 is 0 Å². The molecule has 11 heavy (non-hydrogen) atoms. The molecule has 0 spiro atoms. The largest absolute Gasteiger partial charge is 0.479 e. The molecule has 1 fully saturated rings. The van der Waals surface area contributed by atoms with Crippen LogP contribution in [0.4, 0.5) is 0 Å². The number of rotatable bonds is 1. The summed E-state index contributed by atoms with van der Waals surface area (Å²) in [5.41, 5.74) is -1.67. The smallest absolute Gasteiger partial charge is 0.344 e. The Kier molecular flexibility index (Phi) is 1.53. The molecule has 1 rings (SSSR count). The minimum atomic E-state index is -1.67. The maximum absolute atomic E-state index is 10.6. The van der Waals surface area contributed by atoms with Gasteiger partial charge in [0, 0.05) is 12.8 Å². The van der Waals surface area contributed by atoms with Crippen molar-refractivity contribution >= 4 is 11.9 Å². The fraction of sp³-hybridized carbons (Fsp3) is 0.500. The summed E-state index contributed by atoms with van der Waals surface area (Å²) in [6, 6.07) is 1.58. The summed E-state index contributed by atoms with van der Waals surface area (Å²) >= 11 is 0. The third-order valence-corrected chi connectivity index (χ3v) is 1.64. The Balaban J connectivity index is 2.89. The van der Waals surface area contributed by atoms with Gasteiger partial charge < -0.3 is 10.4 Å². The second-order valence-corrected chi connectivity index (χ2v) is 2.37. The van der Waals surface area contributed by atoms with E-state index in [2.05, 4.69) is 5.32 Å².